The molecule has 18 heteroatoms. The van der Waals surface area contributed by atoms with Gasteiger partial charge in [0.1, 0.15) is 5.01 Å². The molecular formula is C19H21F5N4O6S3. The molecule has 37 heavy (non-hydrogen) atoms. The van der Waals surface area contributed by atoms with Crippen molar-refractivity contribution in [2.45, 2.75) is 30.2 Å². The molecule has 1 aromatic heterocycles. The number of hydrogen-bond donors (Lipinski definition) is 2. The van der Waals surface area contributed by atoms with Crippen LogP contribution in [0.1, 0.15) is 33.5 Å². The first-order chi connectivity index (χ1) is 16.9. The molecule has 0 radical (unpaired) electrons. The summed E-state index contributed by atoms with van der Waals surface area (Å²) in [7, 11) is -8.83. The van der Waals surface area contributed by atoms with Crippen LogP contribution in [0, 0.1) is 0 Å². The Morgan fingerprint density at radius 2 is 1.86 bits per heavy atom. The highest BCUT2D eigenvalue weighted by atomic mass is 32.2. The lowest BCUT2D eigenvalue weighted by molar-refractivity contribution is -0.130. The summed E-state index contributed by atoms with van der Waals surface area (Å²) in [5.74, 6) is -7.22. The fourth-order valence-corrected chi connectivity index (χ4v) is 6.97. The molecule has 0 spiro atoms. The predicted octanol–water partition coefficient (Wildman–Crippen LogP) is 1.59. The number of sulfone groups is 1. The monoisotopic (exact) mass is 592 g/mol. The van der Waals surface area contributed by atoms with Gasteiger partial charge < -0.3 is 10.2 Å². The van der Waals surface area contributed by atoms with Crippen molar-refractivity contribution in [3.8, 4) is 0 Å². The molecule has 1 atom stereocenters. The summed E-state index contributed by atoms with van der Waals surface area (Å²) in [4.78, 5) is 30.3. The van der Waals surface area contributed by atoms with E-state index in [4.69, 9.17) is 5.14 Å². The molecule has 3 N–H and O–H groups in total. The number of nitrogens with one attached hydrogen (secondary N) is 1. The second kappa shape index (κ2) is 10.4. The zero-order valence-corrected chi connectivity index (χ0v) is 21.2. The summed E-state index contributed by atoms with van der Waals surface area (Å²) in [6, 6.07) is 3.81. The van der Waals surface area contributed by atoms with E-state index in [1.165, 1.54) is 18.2 Å². The minimum absolute atomic E-state index is 0.00511. The quantitative estimate of drug-likeness (QED) is 0.419. The summed E-state index contributed by atoms with van der Waals surface area (Å²) >= 11 is 0.613. The van der Waals surface area contributed by atoms with Gasteiger partial charge >= 0.3 is 6.18 Å². The molecule has 2 aromatic rings. The lowest BCUT2D eigenvalue weighted by atomic mass is 10.2. The molecule has 0 saturated carbocycles. The number of carbonyl (C=O) groups is 2. The van der Waals surface area contributed by atoms with Gasteiger partial charge in [0.05, 0.1) is 34.7 Å². The van der Waals surface area contributed by atoms with Crippen molar-refractivity contribution in [2.75, 3.05) is 31.1 Å². The van der Waals surface area contributed by atoms with E-state index in [0.717, 1.165) is 4.90 Å². The normalized spacial score (nSPS) is 17.2. The van der Waals surface area contributed by atoms with Gasteiger partial charge in [-0.1, -0.05) is 0 Å². The van der Waals surface area contributed by atoms with E-state index in [2.05, 4.69) is 4.98 Å². The molecule has 1 aromatic carbocycles. The van der Waals surface area contributed by atoms with Crippen LogP contribution in [0.3, 0.4) is 0 Å². The first-order valence-corrected chi connectivity index (χ1v) is 14.8. The molecule has 0 bridgehead atoms. The van der Waals surface area contributed by atoms with Crippen LogP contribution in [0.15, 0.2) is 18.2 Å². The smallest absolute Gasteiger partial charge is 0.354 e. The van der Waals surface area contributed by atoms with Crippen LogP contribution in [0.25, 0.3) is 10.2 Å². The molecule has 206 valence electrons. The highest BCUT2D eigenvalue weighted by Gasteiger charge is 2.41. The first-order valence-electron chi connectivity index (χ1n) is 10.5. The number of sulfonamides is 1. The van der Waals surface area contributed by atoms with Crippen LogP contribution in [-0.4, -0.2) is 81.8 Å². The molecule has 1 aliphatic heterocycles. The molecule has 1 aliphatic rings. The van der Waals surface area contributed by atoms with Gasteiger partial charge in [0.15, 0.2) is 15.1 Å². The van der Waals surface area contributed by atoms with Crippen molar-refractivity contribution in [3.05, 3.63) is 28.8 Å². The molecule has 1 saturated heterocycles. The van der Waals surface area contributed by atoms with Crippen LogP contribution in [-0.2, 0) is 24.7 Å². The molecular weight excluding hydrogens is 571 g/mol. The van der Waals surface area contributed by atoms with Crippen molar-refractivity contribution in [1.82, 2.24) is 15.2 Å². The van der Waals surface area contributed by atoms with E-state index in [1.54, 1.807) is 0 Å². The number of aromatic nitrogens is 1. The lowest BCUT2D eigenvalue weighted by Crippen LogP contribution is -2.38. The maximum Gasteiger partial charge on any atom is 0.390 e. The lowest BCUT2D eigenvalue weighted by Gasteiger charge is -2.16. The Balaban J connectivity index is 1.93. The minimum atomic E-state index is -4.84. The van der Waals surface area contributed by atoms with Gasteiger partial charge in [-0.15, -0.1) is 11.3 Å². The topological polar surface area (TPSA) is 157 Å². The Morgan fingerprint density at radius 1 is 1.19 bits per heavy atom. The van der Waals surface area contributed by atoms with Crippen LogP contribution < -0.4 is 10.5 Å². The molecule has 3 rings (SSSR count). The third-order valence-corrected chi connectivity index (χ3v) is 9.22. The molecule has 1 fully saturated rings. The summed E-state index contributed by atoms with van der Waals surface area (Å²) in [5.41, 5.74) is 0.103. The van der Waals surface area contributed by atoms with Gasteiger partial charge in [-0.2, -0.15) is 13.2 Å². The van der Waals surface area contributed by atoms with E-state index < -0.39 is 91.5 Å². The summed E-state index contributed by atoms with van der Waals surface area (Å²) < 4.78 is 113. The van der Waals surface area contributed by atoms with E-state index in [1.807, 2.05) is 5.32 Å². The Bertz CT molecular complexity index is 1410. The third-order valence-electron chi connectivity index (χ3n) is 5.29. The number of hydrogen-bond acceptors (Lipinski definition) is 8. The Morgan fingerprint density at radius 3 is 2.43 bits per heavy atom. The highest BCUT2D eigenvalue weighted by molar-refractivity contribution is 7.92. The number of fused-ring (bicyclic) bond motifs is 1. The van der Waals surface area contributed by atoms with Gasteiger partial charge in [0.2, 0.25) is 15.9 Å². The number of benzene rings is 1. The van der Waals surface area contributed by atoms with E-state index in [0.29, 0.717) is 11.3 Å². The van der Waals surface area contributed by atoms with Gasteiger partial charge in [0.25, 0.3) is 11.8 Å². The van der Waals surface area contributed by atoms with E-state index in [-0.39, 0.29) is 22.3 Å². The van der Waals surface area contributed by atoms with Crippen LogP contribution >= 0.6 is 11.3 Å². The van der Waals surface area contributed by atoms with E-state index >= 15 is 0 Å². The van der Waals surface area contributed by atoms with Crippen molar-refractivity contribution in [1.29, 1.82) is 0 Å². The van der Waals surface area contributed by atoms with Crippen molar-refractivity contribution in [2.24, 2.45) is 5.14 Å². The zero-order chi connectivity index (χ0) is 27.8. The second-order valence-corrected chi connectivity index (χ2v) is 13.3. The third kappa shape index (κ3) is 7.78. The fraction of sp³-hybridized carbons (Fsp3) is 0.526. The standard InChI is InChI=1S/C19H21F5N4O6S3/c20-18(21)3-6-28(10-18)17(30)11-1-2-12-13(9-11)35-16(27-12)14(15(29)26-5-8-37(25,33)34)36(31,32)7-4-19(22,23)24/h1-2,9,14H,3-8,10H2,(H,26,29)(H2,25,33,34). The summed E-state index contributed by atoms with van der Waals surface area (Å²) in [5, 5.41) is 4.25. The predicted molar refractivity (Wildman–Crippen MR) is 123 cm³/mol. The van der Waals surface area contributed by atoms with Gasteiger partial charge in [-0.25, -0.2) is 35.7 Å². The van der Waals surface area contributed by atoms with Crippen LogP contribution in [0.4, 0.5) is 22.0 Å². The number of carbonyl (C=O) groups excluding carboxylic acids is 2. The Kier molecular flexibility index (Phi) is 8.17. The fourth-order valence-electron chi connectivity index (χ4n) is 3.49. The second-order valence-electron chi connectivity index (χ2n) is 8.34. The average Bonchev–Trinajstić information content (AvgIpc) is 3.32. The number of thiazole rings is 1. The SMILES string of the molecule is NS(=O)(=O)CCNC(=O)C(c1nc2ccc(C(=O)N3CCC(F)(F)C3)cc2s1)S(=O)(=O)CCC(F)(F)F. The number of rotatable bonds is 9. The molecule has 2 amide bonds. The summed E-state index contributed by atoms with van der Waals surface area (Å²) in [6.07, 6.45) is -7.07. The first kappa shape index (κ1) is 29.1. The van der Waals surface area contributed by atoms with Gasteiger partial charge in [-0.05, 0) is 18.2 Å². The van der Waals surface area contributed by atoms with Crippen LogP contribution in [0.2, 0.25) is 0 Å². The van der Waals surface area contributed by atoms with Crippen molar-refractivity contribution in [3.63, 3.8) is 0 Å². The molecule has 10 nitrogen and oxygen atoms in total. The number of amides is 2. The maximum absolute atomic E-state index is 13.5. The number of halogens is 5. The van der Waals surface area contributed by atoms with Gasteiger partial charge in [0, 0.05) is 25.1 Å². The number of alkyl halides is 5. The number of likely N-dealkylation sites (tertiary alicyclic amines) is 1. The van der Waals surface area contributed by atoms with E-state index in [9.17, 15) is 48.4 Å². The molecule has 2 heterocycles. The zero-order valence-electron chi connectivity index (χ0n) is 18.8. The maximum atomic E-state index is 13.5. The largest absolute Gasteiger partial charge is 0.390 e. The molecule has 1 unspecified atom stereocenters. The Hall–Kier alpha value is -2.44. The highest BCUT2D eigenvalue weighted by Crippen LogP contribution is 2.34. The Labute approximate surface area is 212 Å². The summed E-state index contributed by atoms with van der Waals surface area (Å²) in [6.45, 7) is -1.54. The average molecular weight is 593 g/mol. The minimum Gasteiger partial charge on any atom is -0.354 e. The molecule has 0 aliphatic carbocycles. The number of nitrogens with two attached hydrogens (primary N) is 1. The van der Waals surface area contributed by atoms with Gasteiger partial charge in [-0.3, -0.25) is 9.59 Å². The van der Waals surface area contributed by atoms with Crippen molar-refractivity contribution >= 4 is 53.2 Å². The van der Waals surface area contributed by atoms with Crippen LogP contribution in [0.5, 0.6) is 0 Å². The van der Waals surface area contributed by atoms with Crippen molar-refractivity contribution < 1.29 is 48.4 Å². The number of nitrogens with zero attached hydrogens (tertiary/aromatic N) is 2. The number of primary sulfonamides is 1.